The lowest BCUT2D eigenvalue weighted by molar-refractivity contribution is -0.143. The highest BCUT2D eigenvalue weighted by Gasteiger charge is 2.42. The lowest BCUT2D eigenvalue weighted by Crippen LogP contribution is -2.36. The fraction of sp³-hybridized carbons (Fsp3) is 0.385. The zero-order valence-electron chi connectivity index (χ0n) is 19.6. The molecule has 33 heavy (non-hydrogen) atoms. The van der Waals surface area contributed by atoms with Gasteiger partial charge in [-0.3, -0.25) is 4.79 Å². The highest BCUT2D eigenvalue weighted by molar-refractivity contribution is 7.10. The molecule has 0 unspecified atom stereocenters. The van der Waals surface area contributed by atoms with Crippen LogP contribution in [0.1, 0.15) is 55.9 Å². The maximum Gasteiger partial charge on any atom is 0.337 e. The summed E-state index contributed by atoms with van der Waals surface area (Å²) in [6.45, 7) is 5.54. The zero-order chi connectivity index (χ0) is 23.7. The van der Waals surface area contributed by atoms with E-state index < -0.39 is 5.92 Å². The van der Waals surface area contributed by atoms with Gasteiger partial charge in [-0.2, -0.15) is 0 Å². The maximum absolute atomic E-state index is 13.6. The molecule has 0 radical (unpaired) electrons. The number of dihydropyridines is 1. The molecule has 0 bridgehead atoms. The van der Waals surface area contributed by atoms with E-state index in [0.717, 1.165) is 21.8 Å². The van der Waals surface area contributed by atoms with Crippen LogP contribution in [-0.2, 0) is 14.3 Å². The van der Waals surface area contributed by atoms with Crippen LogP contribution >= 0.6 is 11.3 Å². The van der Waals surface area contributed by atoms with Crippen LogP contribution < -0.4 is 14.8 Å². The second-order valence-corrected chi connectivity index (χ2v) is 9.58. The minimum Gasteiger partial charge on any atom is -0.493 e. The lowest BCUT2D eigenvalue weighted by Gasteiger charge is -2.36. The van der Waals surface area contributed by atoms with E-state index in [-0.39, 0.29) is 23.8 Å². The zero-order valence-corrected chi connectivity index (χ0v) is 20.4. The summed E-state index contributed by atoms with van der Waals surface area (Å²) in [5.74, 6) is 0.559. The number of carbonyl (C=O) groups excluding carboxylic acids is 2. The molecule has 0 saturated heterocycles. The summed E-state index contributed by atoms with van der Waals surface area (Å²) in [5.41, 5.74) is 3.83. The number of methoxy groups -OCH3 is 2. The molecule has 2 aromatic rings. The van der Waals surface area contributed by atoms with Crippen LogP contribution in [0.5, 0.6) is 11.5 Å². The molecule has 2 aliphatic rings. The Labute approximate surface area is 198 Å². The quantitative estimate of drug-likeness (QED) is 0.598. The van der Waals surface area contributed by atoms with Crippen LogP contribution in [0.25, 0.3) is 0 Å². The fourth-order valence-electron chi connectivity index (χ4n) is 4.67. The van der Waals surface area contributed by atoms with Crippen molar-refractivity contribution in [3.05, 3.63) is 68.7 Å². The van der Waals surface area contributed by atoms with Crippen molar-refractivity contribution in [3.63, 3.8) is 0 Å². The summed E-state index contributed by atoms with van der Waals surface area (Å²) < 4.78 is 16.4. The summed E-state index contributed by atoms with van der Waals surface area (Å²) >= 11 is 1.55. The number of benzene rings is 1. The number of hydrogen-bond donors (Lipinski definition) is 1. The Hall–Kier alpha value is -3.06. The number of hydrogen-bond acceptors (Lipinski definition) is 7. The van der Waals surface area contributed by atoms with Gasteiger partial charge in [-0.25, -0.2) is 4.79 Å². The van der Waals surface area contributed by atoms with Crippen molar-refractivity contribution in [2.45, 2.75) is 51.6 Å². The summed E-state index contributed by atoms with van der Waals surface area (Å²) in [6.07, 6.45) is 0.791. The smallest absolute Gasteiger partial charge is 0.337 e. The standard InChI is InChI=1S/C26H29NO5S/c1-14(2)32-26(29)23-15(3)27-18-11-17(16-8-9-20(30-4)21(13-16)31-5)12-19(28)24(18)25(23)22-7-6-10-33-22/h6-10,13-14,17,25,27H,11-12H2,1-5H3/t17-,25+/m0/s1. The monoisotopic (exact) mass is 467 g/mol. The molecule has 1 aromatic heterocycles. The van der Waals surface area contributed by atoms with Gasteiger partial charge in [-0.05, 0) is 62.3 Å². The molecule has 0 saturated carbocycles. The summed E-state index contributed by atoms with van der Waals surface area (Å²) in [5, 5.41) is 5.35. The number of nitrogens with one attached hydrogen (secondary N) is 1. The third-order valence-electron chi connectivity index (χ3n) is 6.10. The molecule has 174 valence electrons. The first-order valence-electron chi connectivity index (χ1n) is 11.0. The number of thiophene rings is 1. The van der Waals surface area contributed by atoms with Crippen molar-refractivity contribution < 1.29 is 23.8 Å². The van der Waals surface area contributed by atoms with E-state index in [9.17, 15) is 9.59 Å². The Morgan fingerprint density at radius 2 is 1.88 bits per heavy atom. The fourth-order valence-corrected chi connectivity index (χ4v) is 5.51. The average Bonchev–Trinajstić information content (AvgIpc) is 3.31. The molecule has 2 atom stereocenters. The minimum absolute atomic E-state index is 0.00417. The summed E-state index contributed by atoms with van der Waals surface area (Å²) in [7, 11) is 3.21. The van der Waals surface area contributed by atoms with Gasteiger partial charge >= 0.3 is 5.97 Å². The van der Waals surface area contributed by atoms with E-state index in [1.165, 1.54) is 0 Å². The van der Waals surface area contributed by atoms with Gasteiger partial charge in [0, 0.05) is 28.3 Å². The van der Waals surface area contributed by atoms with Gasteiger partial charge in [-0.15, -0.1) is 11.3 Å². The average molecular weight is 468 g/mol. The van der Waals surface area contributed by atoms with Crippen molar-refractivity contribution in [1.82, 2.24) is 5.32 Å². The third kappa shape index (κ3) is 4.42. The Kier molecular flexibility index (Phi) is 6.61. The second-order valence-electron chi connectivity index (χ2n) is 8.60. The third-order valence-corrected chi connectivity index (χ3v) is 7.03. The number of Topliss-reactive ketones (excluding diaryl/α,β-unsaturated/α-hetero) is 1. The van der Waals surface area contributed by atoms with Crippen LogP contribution in [0.2, 0.25) is 0 Å². The van der Waals surface area contributed by atoms with Crippen molar-refractivity contribution in [2.24, 2.45) is 0 Å². The highest BCUT2D eigenvalue weighted by atomic mass is 32.1. The second kappa shape index (κ2) is 9.43. The Morgan fingerprint density at radius 3 is 2.52 bits per heavy atom. The van der Waals surface area contributed by atoms with Crippen molar-refractivity contribution in [3.8, 4) is 11.5 Å². The van der Waals surface area contributed by atoms with E-state index in [1.54, 1.807) is 25.6 Å². The molecule has 4 rings (SSSR count). The molecule has 0 fully saturated rings. The molecular weight excluding hydrogens is 438 g/mol. The van der Waals surface area contributed by atoms with Crippen molar-refractivity contribution in [2.75, 3.05) is 14.2 Å². The number of allylic oxidation sites excluding steroid dienone is 3. The number of rotatable bonds is 6. The molecule has 1 aliphatic heterocycles. The number of carbonyl (C=O) groups is 2. The molecule has 7 heteroatoms. The lowest BCUT2D eigenvalue weighted by atomic mass is 9.73. The van der Waals surface area contributed by atoms with Crippen LogP contribution in [0.4, 0.5) is 0 Å². The Bertz CT molecular complexity index is 1130. The minimum atomic E-state index is -0.411. The first-order valence-corrected chi connectivity index (χ1v) is 11.9. The largest absolute Gasteiger partial charge is 0.493 e. The Morgan fingerprint density at radius 1 is 1.12 bits per heavy atom. The van der Waals surface area contributed by atoms with E-state index in [4.69, 9.17) is 14.2 Å². The molecular formula is C26H29NO5S. The topological polar surface area (TPSA) is 73.9 Å². The molecule has 0 amide bonds. The van der Waals surface area contributed by atoms with Gasteiger partial charge in [-0.1, -0.05) is 12.1 Å². The van der Waals surface area contributed by atoms with Crippen LogP contribution in [0.15, 0.2) is 58.3 Å². The van der Waals surface area contributed by atoms with Crippen LogP contribution in [0, 0.1) is 0 Å². The number of ether oxygens (including phenoxy) is 3. The normalized spacial score (nSPS) is 20.5. The number of ketones is 1. The predicted molar refractivity (Wildman–Crippen MR) is 128 cm³/mol. The first kappa shape index (κ1) is 23.1. The van der Waals surface area contributed by atoms with E-state index in [2.05, 4.69) is 5.32 Å². The summed E-state index contributed by atoms with van der Waals surface area (Å²) in [6, 6.07) is 9.72. The molecule has 1 N–H and O–H groups in total. The predicted octanol–water partition coefficient (Wildman–Crippen LogP) is 5.08. The van der Waals surface area contributed by atoms with E-state index in [0.29, 0.717) is 35.5 Å². The van der Waals surface area contributed by atoms with Gasteiger partial charge in [0.2, 0.25) is 0 Å². The summed E-state index contributed by atoms with van der Waals surface area (Å²) in [4.78, 5) is 27.6. The van der Waals surface area contributed by atoms with Crippen molar-refractivity contribution in [1.29, 1.82) is 0 Å². The molecule has 0 spiro atoms. The van der Waals surface area contributed by atoms with Gasteiger partial charge in [0.1, 0.15) is 0 Å². The molecule has 2 heterocycles. The van der Waals surface area contributed by atoms with Gasteiger partial charge in [0.25, 0.3) is 0 Å². The van der Waals surface area contributed by atoms with E-state index in [1.807, 2.05) is 56.5 Å². The first-order chi connectivity index (χ1) is 15.8. The molecule has 6 nitrogen and oxygen atoms in total. The Balaban J connectivity index is 1.73. The highest BCUT2D eigenvalue weighted by Crippen LogP contribution is 2.47. The molecule has 1 aromatic carbocycles. The van der Waals surface area contributed by atoms with Crippen LogP contribution in [-0.4, -0.2) is 32.1 Å². The number of esters is 1. The SMILES string of the molecule is COc1ccc([C@@H]2CC(=O)C3=C(C2)NC(C)=C(C(=O)OC(C)C)[C@H]3c2cccs2)cc1OC. The van der Waals surface area contributed by atoms with Crippen molar-refractivity contribution >= 4 is 23.1 Å². The van der Waals surface area contributed by atoms with E-state index >= 15 is 0 Å². The molecule has 1 aliphatic carbocycles. The van der Waals surface area contributed by atoms with Gasteiger partial charge in [0.05, 0.1) is 31.8 Å². The maximum atomic E-state index is 13.6. The van der Waals surface area contributed by atoms with Gasteiger partial charge in [0.15, 0.2) is 17.3 Å². The van der Waals surface area contributed by atoms with Crippen LogP contribution in [0.3, 0.4) is 0 Å². The van der Waals surface area contributed by atoms with Gasteiger partial charge < -0.3 is 19.5 Å².